The minimum Gasteiger partial charge on any atom is -0.300 e. The van der Waals surface area contributed by atoms with E-state index >= 15 is 0 Å². The van der Waals surface area contributed by atoms with E-state index in [4.69, 9.17) is 0 Å². The molecule has 1 heteroatoms. The minimum absolute atomic E-state index is 0.506. The molecule has 19 heavy (non-hydrogen) atoms. The van der Waals surface area contributed by atoms with Crippen LogP contribution in [-0.4, -0.2) is 5.78 Å². The lowest BCUT2D eigenvalue weighted by atomic mass is 9.74. The predicted molar refractivity (Wildman–Crippen MR) is 78.3 cm³/mol. The highest BCUT2D eigenvalue weighted by Gasteiger charge is 2.28. The van der Waals surface area contributed by atoms with E-state index in [9.17, 15) is 4.79 Å². The number of Topliss-reactive ketones (excluding diaryl/α,β-unsaturated/α-hetero) is 1. The van der Waals surface area contributed by atoms with E-state index in [0.717, 1.165) is 19.3 Å². The van der Waals surface area contributed by atoms with Gasteiger partial charge in [0, 0.05) is 12.8 Å². The Morgan fingerprint density at radius 1 is 1.00 bits per heavy atom. The molecule has 1 atom stereocenters. The van der Waals surface area contributed by atoms with Crippen LogP contribution in [0, 0.1) is 5.92 Å². The zero-order valence-electron chi connectivity index (χ0n) is 11.7. The van der Waals surface area contributed by atoms with Gasteiger partial charge in [-0.05, 0) is 29.4 Å². The Balaban J connectivity index is 1.50. The predicted octanol–water partition coefficient (Wildman–Crippen LogP) is 4.65. The summed E-state index contributed by atoms with van der Waals surface area (Å²) in [5, 5.41) is 0. The van der Waals surface area contributed by atoms with Crippen molar-refractivity contribution in [3.63, 3.8) is 0 Å². The molecule has 0 saturated heterocycles. The normalized spacial score (nSPS) is 23.3. The summed E-state index contributed by atoms with van der Waals surface area (Å²) in [6.45, 7) is 0. The molecule has 0 radical (unpaired) electrons. The van der Waals surface area contributed by atoms with Crippen LogP contribution < -0.4 is 0 Å². The topological polar surface area (TPSA) is 17.1 Å². The van der Waals surface area contributed by atoms with Crippen molar-refractivity contribution in [2.24, 2.45) is 5.92 Å². The fourth-order valence-corrected chi connectivity index (χ4v) is 3.79. The average Bonchev–Trinajstić information content (AvgIpc) is 2.65. The number of fused-ring (bicyclic) bond motifs is 1. The van der Waals surface area contributed by atoms with E-state index in [2.05, 4.69) is 24.3 Å². The van der Waals surface area contributed by atoms with Gasteiger partial charge in [0.05, 0.1) is 0 Å². The number of benzene rings is 1. The molecule has 0 bridgehead atoms. The van der Waals surface area contributed by atoms with Gasteiger partial charge >= 0.3 is 0 Å². The van der Waals surface area contributed by atoms with Crippen LogP contribution in [0.25, 0.3) is 0 Å². The van der Waals surface area contributed by atoms with Gasteiger partial charge in [0.1, 0.15) is 5.78 Å². The molecule has 0 amide bonds. The Kier molecular flexibility index (Phi) is 4.00. The van der Waals surface area contributed by atoms with Crippen LogP contribution in [0.1, 0.15) is 68.4 Å². The van der Waals surface area contributed by atoms with Crippen LogP contribution in [0.2, 0.25) is 0 Å². The third-order valence-corrected chi connectivity index (χ3v) is 4.93. The van der Waals surface area contributed by atoms with Crippen LogP contribution in [-0.2, 0) is 11.2 Å². The van der Waals surface area contributed by atoms with Gasteiger partial charge in [-0.1, -0.05) is 62.8 Å². The van der Waals surface area contributed by atoms with Gasteiger partial charge in [-0.2, -0.15) is 0 Å². The molecule has 1 aromatic rings. The van der Waals surface area contributed by atoms with E-state index in [0.29, 0.717) is 17.6 Å². The molecule has 1 nitrogen and oxygen atoms in total. The molecule has 102 valence electrons. The van der Waals surface area contributed by atoms with Crippen LogP contribution in [0.15, 0.2) is 24.3 Å². The third-order valence-electron chi connectivity index (χ3n) is 4.93. The monoisotopic (exact) mass is 256 g/mol. The average molecular weight is 256 g/mol. The lowest BCUT2D eigenvalue weighted by Gasteiger charge is -2.30. The molecule has 1 aromatic carbocycles. The summed E-state index contributed by atoms with van der Waals surface area (Å²) in [7, 11) is 0. The summed E-state index contributed by atoms with van der Waals surface area (Å²) in [6, 6.07) is 8.59. The van der Waals surface area contributed by atoms with Crippen molar-refractivity contribution in [2.45, 2.75) is 63.7 Å². The maximum Gasteiger partial charge on any atom is 0.133 e. The quantitative estimate of drug-likeness (QED) is 0.717. The van der Waals surface area contributed by atoms with Gasteiger partial charge in [0.2, 0.25) is 0 Å². The molecule has 2 aliphatic carbocycles. The fraction of sp³-hybridized carbons (Fsp3) is 0.611. The number of carbonyl (C=O) groups excluding carboxylic acids is 1. The van der Waals surface area contributed by atoms with Crippen LogP contribution in [0.4, 0.5) is 0 Å². The van der Waals surface area contributed by atoms with E-state index in [-0.39, 0.29) is 0 Å². The highest BCUT2D eigenvalue weighted by molar-refractivity contribution is 5.80. The molecule has 1 saturated carbocycles. The van der Waals surface area contributed by atoms with Gasteiger partial charge in [-0.3, -0.25) is 4.79 Å². The van der Waals surface area contributed by atoms with Crippen molar-refractivity contribution in [1.29, 1.82) is 0 Å². The van der Waals surface area contributed by atoms with Crippen molar-refractivity contribution in [3.05, 3.63) is 35.4 Å². The summed E-state index contributed by atoms with van der Waals surface area (Å²) >= 11 is 0. The largest absolute Gasteiger partial charge is 0.300 e. The molecule has 1 fully saturated rings. The van der Waals surface area contributed by atoms with Gasteiger partial charge in [-0.15, -0.1) is 0 Å². The molecular formula is C18H24O. The lowest BCUT2D eigenvalue weighted by Crippen LogP contribution is -2.21. The maximum atomic E-state index is 12.2. The van der Waals surface area contributed by atoms with Crippen molar-refractivity contribution >= 4 is 5.78 Å². The van der Waals surface area contributed by atoms with E-state index in [1.807, 2.05) is 0 Å². The Labute approximate surface area is 116 Å². The second-order valence-corrected chi connectivity index (χ2v) is 6.40. The highest BCUT2D eigenvalue weighted by atomic mass is 16.1. The molecule has 0 N–H and O–H groups in total. The molecule has 0 heterocycles. The van der Waals surface area contributed by atoms with E-state index < -0.39 is 0 Å². The number of hydrogen-bond acceptors (Lipinski definition) is 1. The smallest absolute Gasteiger partial charge is 0.133 e. The first kappa shape index (κ1) is 12.9. The Bertz CT molecular complexity index is 441. The summed E-state index contributed by atoms with van der Waals surface area (Å²) < 4.78 is 0. The van der Waals surface area contributed by atoms with Crippen molar-refractivity contribution in [3.8, 4) is 0 Å². The van der Waals surface area contributed by atoms with Gasteiger partial charge < -0.3 is 0 Å². The first-order valence-electron chi connectivity index (χ1n) is 7.92. The summed E-state index contributed by atoms with van der Waals surface area (Å²) in [6.07, 6.45) is 10.7. The van der Waals surface area contributed by atoms with Gasteiger partial charge in [-0.25, -0.2) is 0 Å². The van der Waals surface area contributed by atoms with Crippen molar-refractivity contribution in [1.82, 2.24) is 0 Å². The molecule has 2 aliphatic rings. The first-order chi connectivity index (χ1) is 9.33. The molecule has 0 aliphatic heterocycles. The second kappa shape index (κ2) is 5.90. The van der Waals surface area contributed by atoms with Crippen molar-refractivity contribution in [2.75, 3.05) is 0 Å². The molecule has 0 aromatic heterocycles. The number of ketones is 1. The third kappa shape index (κ3) is 3.08. The van der Waals surface area contributed by atoms with Gasteiger partial charge in [0.15, 0.2) is 0 Å². The van der Waals surface area contributed by atoms with Crippen LogP contribution >= 0.6 is 0 Å². The molecule has 0 spiro atoms. The maximum absolute atomic E-state index is 12.2. The Hall–Kier alpha value is -1.11. The number of rotatable bonds is 4. The van der Waals surface area contributed by atoms with E-state index in [1.54, 1.807) is 0 Å². The SMILES string of the molecule is O=C(CC1CCCCCC1)CC1Cc2ccccc21. The number of carbonyl (C=O) groups is 1. The van der Waals surface area contributed by atoms with Crippen molar-refractivity contribution < 1.29 is 4.79 Å². The molecule has 1 unspecified atom stereocenters. The second-order valence-electron chi connectivity index (χ2n) is 6.40. The zero-order chi connectivity index (χ0) is 13.1. The van der Waals surface area contributed by atoms with E-state index in [1.165, 1.54) is 49.7 Å². The Morgan fingerprint density at radius 3 is 2.47 bits per heavy atom. The minimum atomic E-state index is 0.506. The van der Waals surface area contributed by atoms with Crippen LogP contribution in [0.3, 0.4) is 0 Å². The summed E-state index contributed by atoms with van der Waals surface area (Å²) in [4.78, 5) is 12.2. The first-order valence-corrected chi connectivity index (χ1v) is 7.92. The summed E-state index contributed by atoms with van der Waals surface area (Å²) in [5.41, 5.74) is 2.88. The highest BCUT2D eigenvalue weighted by Crippen LogP contribution is 2.38. The number of hydrogen-bond donors (Lipinski definition) is 0. The lowest BCUT2D eigenvalue weighted by molar-refractivity contribution is -0.120. The Morgan fingerprint density at radius 2 is 1.74 bits per heavy atom. The molecular weight excluding hydrogens is 232 g/mol. The molecule has 3 rings (SSSR count). The van der Waals surface area contributed by atoms with Crippen LogP contribution in [0.5, 0.6) is 0 Å². The summed E-state index contributed by atoms with van der Waals surface area (Å²) in [5.74, 6) is 1.71. The van der Waals surface area contributed by atoms with Gasteiger partial charge in [0.25, 0.3) is 0 Å². The standard InChI is InChI=1S/C18H24O/c19-17(11-14-7-3-1-2-4-8-14)13-16-12-15-9-5-6-10-18(15)16/h5-6,9-10,14,16H,1-4,7-8,11-13H2. The fourth-order valence-electron chi connectivity index (χ4n) is 3.79. The zero-order valence-corrected chi connectivity index (χ0v) is 11.7.